The molecule has 0 unspecified atom stereocenters. The molecule has 0 saturated carbocycles. The van der Waals surface area contributed by atoms with Gasteiger partial charge in [-0.1, -0.05) is 11.6 Å². The average Bonchev–Trinajstić information content (AvgIpc) is 2.80. The maximum Gasteiger partial charge on any atom is 0.269 e. The standard InChI is InChI=1S/C14H10ClNO5S/c15-10-1-3-12(4-2-10)22(19,20)16-13(18)9-21-14(16)7-5-11(17)6-8-14/h1-8H,9H2. The van der Waals surface area contributed by atoms with Crippen molar-refractivity contribution in [3.05, 3.63) is 53.6 Å². The Kier molecular flexibility index (Phi) is 3.43. The number of amides is 1. The molecule has 8 heteroatoms. The van der Waals surface area contributed by atoms with Crippen LogP contribution in [-0.4, -0.2) is 36.7 Å². The van der Waals surface area contributed by atoms with Crippen LogP contribution in [0.15, 0.2) is 53.5 Å². The van der Waals surface area contributed by atoms with Crippen LogP contribution in [-0.2, 0) is 24.3 Å². The van der Waals surface area contributed by atoms with Gasteiger partial charge in [0.05, 0.1) is 4.90 Å². The predicted molar refractivity (Wildman–Crippen MR) is 77.5 cm³/mol. The number of sulfonamides is 1. The van der Waals surface area contributed by atoms with E-state index in [0.717, 1.165) is 0 Å². The van der Waals surface area contributed by atoms with Gasteiger partial charge in [-0.15, -0.1) is 0 Å². The summed E-state index contributed by atoms with van der Waals surface area (Å²) in [6, 6.07) is 5.44. The van der Waals surface area contributed by atoms with Crippen molar-refractivity contribution in [1.29, 1.82) is 0 Å². The summed E-state index contributed by atoms with van der Waals surface area (Å²) in [5, 5.41) is 0.376. The molecule has 1 aliphatic heterocycles. The fraction of sp³-hybridized carbons (Fsp3) is 0.143. The molecule has 0 aromatic heterocycles. The Bertz CT molecular complexity index is 794. The van der Waals surface area contributed by atoms with Crippen molar-refractivity contribution in [1.82, 2.24) is 4.31 Å². The molecule has 1 amide bonds. The van der Waals surface area contributed by atoms with E-state index in [1.54, 1.807) is 0 Å². The molecule has 0 atom stereocenters. The van der Waals surface area contributed by atoms with Gasteiger partial charge in [0.25, 0.3) is 15.9 Å². The van der Waals surface area contributed by atoms with Crippen molar-refractivity contribution in [3.63, 3.8) is 0 Å². The Morgan fingerprint density at radius 1 is 1.09 bits per heavy atom. The number of allylic oxidation sites excluding steroid dienone is 2. The van der Waals surface area contributed by atoms with E-state index < -0.39 is 28.3 Å². The Labute approximate surface area is 131 Å². The summed E-state index contributed by atoms with van der Waals surface area (Å²) in [5.74, 6) is -1.02. The molecule has 114 valence electrons. The van der Waals surface area contributed by atoms with E-state index in [9.17, 15) is 18.0 Å². The molecule has 22 heavy (non-hydrogen) atoms. The van der Waals surface area contributed by atoms with E-state index in [1.807, 2.05) is 0 Å². The summed E-state index contributed by atoms with van der Waals surface area (Å²) in [5.41, 5.74) is -1.59. The third-order valence-corrected chi connectivity index (χ3v) is 5.39. The van der Waals surface area contributed by atoms with Gasteiger partial charge in [0.1, 0.15) is 6.61 Å². The number of ether oxygens (including phenoxy) is 1. The monoisotopic (exact) mass is 339 g/mol. The number of nitrogens with zero attached hydrogens (tertiary/aromatic N) is 1. The number of hydrogen-bond donors (Lipinski definition) is 0. The van der Waals surface area contributed by atoms with Crippen molar-refractivity contribution in [2.24, 2.45) is 0 Å². The second-order valence-electron chi connectivity index (χ2n) is 4.73. The lowest BCUT2D eigenvalue weighted by atomic mass is 10.1. The van der Waals surface area contributed by atoms with Gasteiger partial charge < -0.3 is 4.74 Å². The third-order valence-electron chi connectivity index (χ3n) is 3.30. The minimum atomic E-state index is -4.14. The maximum atomic E-state index is 12.7. The van der Waals surface area contributed by atoms with Crippen LogP contribution in [0.2, 0.25) is 5.02 Å². The maximum absolute atomic E-state index is 12.7. The molecule has 1 fully saturated rings. The SMILES string of the molecule is O=C1C=CC2(C=C1)OCC(=O)N2S(=O)(=O)c1ccc(Cl)cc1. The Balaban J connectivity index is 2.10. The van der Waals surface area contributed by atoms with E-state index >= 15 is 0 Å². The Morgan fingerprint density at radius 2 is 1.68 bits per heavy atom. The zero-order chi connectivity index (χ0) is 16.0. The van der Waals surface area contributed by atoms with Crippen LogP contribution in [0, 0.1) is 0 Å². The van der Waals surface area contributed by atoms with Gasteiger partial charge in [0.15, 0.2) is 11.5 Å². The lowest BCUT2D eigenvalue weighted by Crippen LogP contribution is -2.48. The van der Waals surface area contributed by atoms with Gasteiger partial charge >= 0.3 is 0 Å². The summed E-state index contributed by atoms with van der Waals surface area (Å²) in [6.07, 6.45) is 4.85. The lowest BCUT2D eigenvalue weighted by molar-refractivity contribution is -0.124. The van der Waals surface area contributed by atoms with Crippen LogP contribution in [0.25, 0.3) is 0 Å². The van der Waals surface area contributed by atoms with E-state index in [0.29, 0.717) is 9.33 Å². The zero-order valence-corrected chi connectivity index (χ0v) is 12.7. The summed E-state index contributed by atoms with van der Waals surface area (Å²) in [4.78, 5) is 23.2. The van der Waals surface area contributed by atoms with E-state index in [4.69, 9.17) is 16.3 Å². The molecule has 6 nitrogen and oxygen atoms in total. The summed E-state index contributed by atoms with van der Waals surface area (Å²) in [7, 11) is -4.14. The van der Waals surface area contributed by atoms with Crippen LogP contribution in [0.5, 0.6) is 0 Å². The molecule has 1 aromatic rings. The van der Waals surface area contributed by atoms with Gasteiger partial charge in [0.2, 0.25) is 0 Å². The normalized spacial score (nSPS) is 20.1. The topological polar surface area (TPSA) is 80.8 Å². The molecule has 0 bridgehead atoms. The second kappa shape index (κ2) is 5.05. The first kappa shape index (κ1) is 15.0. The van der Waals surface area contributed by atoms with E-state index in [-0.39, 0.29) is 10.7 Å². The first-order valence-corrected chi connectivity index (χ1v) is 8.07. The number of carbonyl (C=O) groups excluding carboxylic acids is 2. The molecule has 1 aromatic carbocycles. The second-order valence-corrected chi connectivity index (χ2v) is 6.95. The number of rotatable bonds is 2. The third kappa shape index (κ3) is 2.27. The zero-order valence-electron chi connectivity index (χ0n) is 11.1. The largest absolute Gasteiger partial charge is 0.337 e. The van der Waals surface area contributed by atoms with Crippen molar-refractivity contribution >= 4 is 33.3 Å². The molecular weight excluding hydrogens is 330 g/mol. The van der Waals surface area contributed by atoms with Crippen LogP contribution < -0.4 is 0 Å². The lowest BCUT2D eigenvalue weighted by Gasteiger charge is -2.31. The number of hydrogen-bond acceptors (Lipinski definition) is 5. The highest BCUT2D eigenvalue weighted by Gasteiger charge is 2.51. The Morgan fingerprint density at radius 3 is 2.27 bits per heavy atom. The molecular formula is C14H10ClNO5S. The van der Waals surface area contributed by atoms with Gasteiger partial charge in [-0.25, -0.2) is 8.42 Å². The number of halogens is 1. The molecule has 0 N–H and O–H groups in total. The molecule has 1 heterocycles. The van der Waals surface area contributed by atoms with Crippen molar-refractivity contribution in [2.45, 2.75) is 10.6 Å². The quantitative estimate of drug-likeness (QED) is 0.810. The van der Waals surface area contributed by atoms with Crippen LogP contribution in [0.1, 0.15) is 0 Å². The number of benzene rings is 1. The fourth-order valence-corrected chi connectivity index (χ4v) is 3.96. The van der Waals surface area contributed by atoms with Crippen LogP contribution >= 0.6 is 11.6 Å². The first-order chi connectivity index (χ1) is 10.3. The van der Waals surface area contributed by atoms with E-state index in [2.05, 4.69) is 0 Å². The predicted octanol–water partition coefficient (Wildman–Crippen LogP) is 1.28. The van der Waals surface area contributed by atoms with Gasteiger partial charge in [-0.3, -0.25) is 9.59 Å². The minimum absolute atomic E-state index is 0.0891. The van der Waals surface area contributed by atoms with Crippen molar-refractivity contribution in [3.8, 4) is 0 Å². The molecule has 1 saturated heterocycles. The average molecular weight is 340 g/mol. The minimum Gasteiger partial charge on any atom is -0.337 e. The highest BCUT2D eigenvalue weighted by atomic mass is 35.5. The van der Waals surface area contributed by atoms with Gasteiger partial charge in [-0.05, 0) is 48.6 Å². The summed E-state index contributed by atoms with van der Waals surface area (Å²) >= 11 is 5.75. The highest BCUT2D eigenvalue weighted by Crippen LogP contribution is 2.35. The molecule has 0 radical (unpaired) electrons. The van der Waals surface area contributed by atoms with Crippen LogP contribution in [0.4, 0.5) is 0 Å². The van der Waals surface area contributed by atoms with E-state index in [1.165, 1.54) is 48.6 Å². The van der Waals surface area contributed by atoms with Crippen molar-refractivity contribution in [2.75, 3.05) is 6.61 Å². The molecule has 2 aliphatic rings. The summed E-state index contributed by atoms with van der Waals surface area (Å²) < 4.78 is 31.5. The highest BCUT2D eigenvalue weighted by molar-refractivity contribution is 7.89. The van der Waals surface area contributed by atoms with Crippen LogP contribution in [0.3, 0.4) is 0 Å². The van der Waals surface area contributed by atoms with Gasteiger partial charge in [-0.2, -0.15) is 4.31 Å². The summed E-state index contributed by atoms with van der Waals surface area (Å²) in [6.45, 7) is -0.393. The fourth-order valence-electron chi connectivity index (χ4n) is 2.27. The number of carbonyl (C=O) groups is 2. The first-order valence-electron chi connectivity index (χ1n) is 6.25. The van der Waals surface area contributed by atoms with Gasteiger partial charge in [0, 0.05) is 5.02 Å². The Hall–Kier alpha value is -1.96. The molecule has 1 spiro atoms. The smallest absolute Gasteiger partial charge is 0.269 e. The molecule has 3 rings (SSSR count). The molecule has 1 aliphatic carbocycles. The number of ketones is 1. The van der Waals surface area contributed by atoms with Crippen molar-refractivity contribution < 1.29 is 22.7 Å².